The predicted molar refractivity (Wildman–Crippen MR) is 152 cm³/mol. The first-order chi connectivity index (χ1) is 19.5. The molecule has 206 valence electrons. The second-order valence-electron chi connectivity index (χ2n) is 9.94. The SMILES string of the molecule is O=C(Cn1c(=O)n(Cc2ccc(C(=O)NCc3ccco3)cc2)c(=O)c2ccccc21)NCCC1=CCCCC1. The Hall–Kier alpha value is -4.66. The van der Waals surface area contributed by atoms with Gasteiger partial charge in [-0.25, -0.2) is 4.79 Å². The molecule has 0 spiro atoms. The highest BCUT2D eigenvalue weighted by Gasteiger charge is 2.16. The number of carbonyl (C=O) groups is 2. The third kappa shape index (κ3) is 6.31. The minimum absolute atomic E-state index is 0.00652. The normalized spacial score (nSPS) is 13.2. The van der Waals surface area contributed by atoms with Crippen molar-refractivity contribution in [2.75, 3.05) is 6.54 Å². The molecule has 5 rings (SSSR count). The first-order valence-electron chi connectivity index (χ1n) is 13.6. The topological polar surface area (TPSA) is 115 Å². The van der Waals surface area contributed by atoms with Gasteiger partial charge in [0, 0.05) is 12.1 Å². The molecule has 0 fully saturated rings. The van der Waals surface area contributed by atoms with Gasteiger partial charge in [0.25, 0.3) is 11.5 Å². The summed E-state index contributed by atoms with van der Waals surface area (Å²) in [5.41, 5.74) is 1.91. The largest absolute Gasteiger partial charge is 0.467 e. The molecule has 2 aromatic heterocycles. The standard InChI is InChI=1S/C31H32N4O5/c36-28(32-17-16-22-7-2-1-3-8-22)21-34-27-11-5-4-10-26(27)30(38)35(31(34)39)20-23-12-14-24(15-13-23)29(37)33-19-25-9-6-18-40-25/h4-7,9-15,18H,1-3,8,16-17,19-21H2,(H,32,36)(H,33,37). The van der Waals surface area contributed by atoms with Gasteiger partial charge in [-0.05, 0) is 74.1 Å². The fraction of sp³-hybridized carbons (Fsp3) is 0.290. The molecule has 0 saturated heterocycles. The Morgan fingerprint density at radius 2 is 1.73 bits per heavy atom. The Morgan fingerprint density at radius 3 is 2.48 bits per heavy atom. The smallest absolute Gasteiger partial charge is 0.332 e. The van der Waals surface area contributed by atoms with E-state index < -0.39 is 11.2 Å². The Balaban J connectivity index is 1.31. The lowest BCUT2D eigenvalue weighted by Crippen LogP contribution is -2.43. The minimum atomic E-state index is -0.561. The summed E-state index contributed by atoms with van der Waals surface area (Å²) in [5.74, 6) is 0.102. The summed E-state index contributed by atoms with van der Waals surface area (Å²) in [6.07, 6.45) is 9.16. The Bertz CT molecular complexity index is 1650. The zero-order valence-electron chi connectivity index (χ0n) is 22.2. The van der Waals surface area contributed by atoms with Crippen LogP contribution in [-0.2, 0) is 24.4 Å². The van der Waals surface area contributed by atoms with Crippen molar-refractivity contribution < 1.29 is 14.0 Å². The summed E-state index contributed by atoms with van der Waals surface area (Å²) in [4.78, 5) is 52.1. The van der Waals surface area contributed by atoms with Gasteiger partial charge in [0.15, 0.2) is 0 Å². The molecule has 0 saturated carbocycles. The van der Waals surface area contributed by atoms with Crippen LogP contribution in [0.25, 0.3) is 10.9 Å². The van der Waals surface area contributed by atoms with Crippen LogP contribution in [0.15, 0.2) is 92.6 Å². The van der Waals surface area contributed by atoms with Crippen LogP contribution >= 0.6 is 0 Å². The quantitative estimate of drug-likeness (QED) is 0.298. The third-order valence-electron chi connectivity index (χ3n) is 7.15. The van der Waals surface area contributed by atoms with Crippen LogP contribution < -0.4 is 21.9 Å². The number of hydrogen-bond acceptors (Lipinski definition) is 5. The van der Waals surface area contributed by atoms with Gasteiger partial charge in [-0.2, -0.15) is 0 Å². The van der Waals surface area contributed by atoms with Crippen molar-refractivity contribution in [1.29, 1.82) is 0 Å². The summed E-state index contributed by atoms with van der Waals surface area (Å²) in [7, 11) is 0. The first kappa shape index (κ1) is 26.9. The zero-order valence-corrected chi connectivity index (χ0v) is 22.2. The van der Waals surface area contributed by atoms with Crippen molar-refractivity contribution in [3.63, 3.8) is 0 Å². The Kier molecular flexibility index (Phi) is 8.39. The fourth-order valence-electron chi connectivity index (χ4n) is 4.98. The first-order valence-corrected chi connectivity index (χ1v) is 13.6. The molecule has 9 heteroatoms. The van der Waals surface area contributed by atoms with Crippen LogP contribution in [0.1, 0.15) is 53.8 Å². The van der Waals surface area contributed by atoms with Crippen LogP contribution in [0.4, 0.5) is 0 Å². The molecule has 2 aromatic carbocycles. The van der Waals surface area contributed by atoms with Gasteiger partial charge < -0.3 is 15.1 Å². The number of nitrogens with one attached hydrogen (secondary N) is 2. The number of para-hydroxylation sites is 1. The molecule has 0 bridgehead atoms. The molecule has 40 heavy (non-hydrogen) atoms. The van der Waals surface area contributed by atoms with Crippen LogP contribution in [-0.4, -0.2) is 27.5 Å². The molecule has 4 aromatic rings. The van der Waals surface area contributed by atoms with Gasteiger partial charge in [-0.3, -0.25) is 23.5 Å². The average molecular weight is 541 g/mol. The van der Waals surface area contributed by atoms with Crippen molar-refractivity contribution in [3.8, 4) is 0 Å². The number of nitrogens with zero attached hydrogens (tertiary/aromatic N) is 2. The Labute approximate surface area is 231 Å². The van der Waals surface area contributed by atoms with E-state index in [2.05, 4.69) is 16.7 Å². The number of benzene rings is 2. The van der Waals surface area contributed by atoms with Gasteiger partial charge in [-0.15, -0.1) is 0 Å². The summed E-state index contributed by atoms with van der Waals surface area (Å²) in [6, 6.07) is 17.0. The highest BCUT2D eigenvalue weighted by molar-refractivity contribution is 5.94. The molecular formula is C31H32N4O5. The molecule has 9 nitrogen and oxygen atoms in total. The Morgan fingerprint density at radius 1 is 0.900 bits per heavy atom. The van der Waals surface area contributed by atoms with E-state index in [0.717, 1.165) is 23.8 Å². The molecule has 0 atom stereocenters. The van der Waals surface area contributed by atoms with E-state index in [0.29, 0.717) is 34.3 Å². The van der Waals surface area contributed by atoms with E-state index in [-0.39, 0.29) is 31.4 Å². The van der Waals surface area contributed by atoms with Crippen LogP contribution in [0.5, 0.6) is 0 Å². The average Bonchev–Trinajstić information content (AvgIpc) is 3.51. The van der Waals surface area contributed by atoms with Crippen molar-refractivity contribution in [1.82, 2.24) is 19.8 Å². The van der Waals surface area contributed by atoms with E-state index in [4.69, 9.17) is 4.42 Å². The van der Waals surface area contributed by atoms with Gasteiger partial charge in [0.2, 0.25) is 5.91 Å². The van der Waals surface area contributed by atoms with Crippen LogP contribution in [0.3, 0.4) is 0 Å². The number of aromatic nitrogens is 2. The van der Waals surface area contributed by atoms with Crippen molar-refractivity contribution in [3.05, 3.63) is 116 Å². The van der Waals surface area contributed by atoms with E-state index >= 15 is 0 Å². The maximum absolute atomic E-state index is 13.5. The van der Waals surface area contributed by atoms with E-state index in [1.54, 1.807) is 66.9 Å². The summed E-state index contributed by atoms with van der Waals surface area (Å²) >= 11 is 0. The summed E-state index contributed by atoms with van der Waals surface area (Å²) in [5, 5.41) is 6.06. The minimum Gasteiger partial charge on any atom is -0.467 e. The highest BCUT2D eigenvalue weighted by atomic mass is 16.3. The highest BCUT2D eigenvalue weighted by Crippen LogP contribution is 2.19. The summed E-state index contributed by atoms with van der Waals surface area (Å²) in [6.45, 7) is 0.601. The molecule has 2 heterocycles. The summed E-state index contributed by atoms with van der Waals surface area (Å²) < 4.78 is 7.71. The number of furan rings is 1. The fourth-order valence-corrected chi connectivity index (χ4v) is 4.98. The third-order valence-corrected chi connectivity index (χ3v) is 7.15. The second-order valence-corrected chi connectivity index (χ2v) is 9.94. The number of fused-ring (bicyclic) bond motifs is 1. The predicted octanol–water partition coefficient (Wildman–Crippen LogP) is 3.74. The maximum Gasteiger partial charge on any atom is 0.332 e. The number of rotatable bonds is 10. The van der Waals surface area contributed by atoms with Crippen molar-refractivity contribution in [2.45, 2.75) is 51.7 Å². The number of amides is 2. The van der Waals surface area contributed by atoms with E-state index in [9.17, 15) is 19.2 Å². The van der Waals surface area contributed by atoms with Gasteiger partial charge in [0.05, 0.1) is 30.3 Å². The number of hydrogen-bond donors (Lipinski definition) is 2. The van der Waals surface area contributed by atoms with Crippen LogP contribution in [0, 0.1) is 0 Å². The lowest BCUT2D eigenvalue weighted by atomic mass is 9.97. The lowest BCUT2D eigenvalue weighted by molar-refractivity contribution is -0.121. The number of carbonyl (C=O) groups excluding carboxylic acids is 2. The molecule has 1 aliphatic rings. The van der Waals surface area contributed by atoms with Gasteiger partial charge in [-0.1, -0.05) is 35.9 Å². The molecule has 2 N–H and O–H groups in total. The molecule has 0 radical (unpaired) electrons. The van der Waals surface area contributed by atoms with E-state index in [1.165, 1.54) is 23.0 Å². The molecule has 0 unspecified atom stereocenters. The molecular weight excluding hydrogens is 508 g/mol. The van der Waals surface area contributed by atoms with E-state index in [1.807, 2.05) is 0 Å². The van der Waals surface area contributed by atoms with Crippen molar-refractivity contribution >= 4 is 22.7 Å². The monoisotopic (exact) mass is 540 g/mol. The van der Waals surface area contributed by atoms with Crippen molar-refractivity contribution in [2.24, 2.45) is 0 Å². The molecule has 0 aliphatic heterocycles. The second kappa shape index (κ2) is 12.5. The molecule has 1 aliphatic carbocycles. The van der Waals surface area contributed by atoms with Crippen LogP contribution in [0.2, 0.25) is 0 Å². The maximum atomic E-state index is 13.5. The zero-order chi connectivity index (χ0) is 27.9. The number of allylic oxidation sites excluding steroid dienone is 1. The van der Waals surface area contributed by atoms with Gasteiger partial charge in [0.1, 0.15) is 12.3 Å². The lowest BCUT2D eigenvalue weighted by Gasteiger charge is -2.15. The van der Waals surface area contributed by atoms with Gasteiger partial charge >= 0.3 is 5.69 Å². The molecule has 2 amide bonds.